The van der Waals surface area contributed by atoms with Crippen molar-refractivity contribution in [3.63, 3.8) is 0 Å². The summed E-state index contributed by atoms with van der Waals surface area (Å²) < 4.78 is 5.66. The van der Waals surface area contributed by atoms with Gasteiger partial charge < -0.3 is 15.0 Å². The van der Waals surface area contributed by atoms with Crippen molar-refractivity contribution < 1.29 is 4.74 Å². The van der Waals surface area contributed by atoms with Crippen LogP contribution in [-0.4, -0.2) is 50.3 Å². The van der Waals surface area contributed by atoms with Crippen LogP contribution < -0.4 is 5.32 Å². The molecule has 0 amide bonds. The topological polar surface area (TPSA) is 24.5 Å². The average Bonchev–Trinajstić information content (AvgIpc) is 2.29. The van der Waals surface area contributed by atoms with Crippen molar-refractivity contribution >= 4 is 0 Å². The first-order chi connectivity index (χ1) is 8.20. The van der Waals surface area contributed by atoms with Gasteiger partial charge in [-0.15, -0.1) is 0 Å². The number of hydrogen-bond acceptors (Lipinski definition) is 3. The minimum Gasteiger partial charge on any atom is -0.377 e. The van der Waals surface area contributed by atoms with Crippen molar-refractivity contribution in [3.8, 4) is 0 Å². The van der Waals surface area contributed by atoms with E-state index in [4.69, 9.17) is 4.74 Å². The van der Waals surface area contributed by atoms with Crippen molar-refractivity contribution in [1.82, 2.24) is 10.2 Å². The summed E-state index contributed by atoms with van der Waals surface area (Å²) in [4.78, 5) is 2.61. The van der Waals surface area contributed by atoms with Crippen LogP contribution in [0.1, 0.15) is 39.5 Å². The van der Waals surface area contributed by atoms with Crippen molar-refractivity contribution in [1.29, 1.82) is 0 Å². The first kappa shape index (κ1) is 13.3. The highest BCUT2D eigenvalue weighted by atomic mass is 16.5. The van der Waals surface area contributed by atoms with Gasteiger partial charge in [0.05, 0.1) is 12.7 Å². The average molecular weight is 240 g/mol. The summed E-state index contributed by atoms with van der Waals surface area (Å²) in [5.74, 6) is 0. The predicted octanol–water partition coefficient (Wildman–Crippen LogP) is 1.88. The fourth-order valence-corrected chi connectivity index (χ4v) is 3.30. The number of hydrogen-bond donors (Lipinski definition) is 1. The molecule has 0 aliphatic carbocycles. The third-order valence-electron chi connectivity index (χ3n) is 4.16. The number of likely N-dealkylation sites (tertiary alicyclic amines) is 1. The Morgan fingerprint density at radius 2 is 2.12 bits per heavy atom. The molecule has 1 atom stereocenters. The predicted molar refractivity (Wildman–Crippen MR) is 71.3 cm³/mol. The summed E-state index contributed by atoms with van der Waals surface area (Å²) in [6.07, 6.45) is 5.92. The molecule has 0 aromatic rings. The Morgan fingerprint density at radius 3 is 2.82 bits per heavy atom. The number of ether oxygens (including phenoxy) is 1. The maximum Gasteiger partial charge on any atom is 0.0596 e. The van der Waals surface area contributed by atoms with E-state index in [0.717, 1.165) is 13.2 Å². The zero-order valence-corrected chi connectivity index (χ0v) is 11.5. The van der Waals surface area contributed by atoms with E-state index < -0.39 is 0 Å². The van der Waals surface area contributed by atoms with E-state index in [0.29, 0.717) is 11.5 Å². The molecule has 0 aromatic carbocycles. The van der Waals surface area contributed by atoms with Crippen molar-refractivity contribution in [2.75, 3.05) is 39.3 Å². The summed E-state index contributed by atoms with van der Waals surface area (Å²) in [6, 6.07) is 0. The van der Waals surface area contributed by atoms with Crippen molar-refractivity contribution in [2.24, 2.45) is 5.41 Å². The standard InChI is InChI=1S/C14H28N2O/c1-13(2)17-10-9-16-8-4-6-14(12-16)5-3-7-15-11-14/h13,15H,3-12H2,1-2H3. The maximum absolute atomic E-state index is 5.66. The summed E-state index contributed by atoms with van der Waals surface area (Å²) in [7, 11) is 0. The van der Waals surface area contributed by atoms with Crippen LogP contribution >= 0.6 is 0 Å². The fourth-order valence-electron chi connectivity index (χ4n) is 3.30. The van der Waals surface area contributed by atoms with Gasteiger partial charge in [-0.25, -0.2) is 0 Å². The van der Waals surface area contributed by atoms with Crippen LogP contribution in [-0.2, 0) is 4.74 Å². The molecule has 0 aromatic heterocycles. The third kappa shape index (κ3) is 3.94. The quantitative estimate of drug-likeness (QED) is 0.812. The van der Waals surface area contributed by atoms with Crippen LogP contribution in [0.3, 0.4) is 0 Å². The van der Waals surface area contributed by atoms with Gasteiger partial charge in [-0.1, -0.05) is 0 Å². The molecule has 3 nitrogen and oxygen atoms in total. The Bertz CT molecular complexity index is 219. The van der Waals surface area contributed by atoms with Crippen LogP contribution in [0.5, 0.6) is 0 Å². The SMILES string of the molecule is CC(C)OCCN1CCCC2(CCCNC2)C1. The highest BCUT2D eigenvalue weighted by Gasteiger charge is 2.36. The molecule has 0 bridgehead atoms. The number of nitrogens with one attached hydrogen (secondary N) is 1. The van der Waals surface area contributed by atoms with Crippen LogP contribution in [0, 0.1) is 5.41 Å². The first-order valence-corrected chi connectivity index (χ1v) is 7.25. The highest BCUT2D eigenvalue weighted by molar-refractivity contribution is 4.91. The van der Waals surface area contributed by atoms with E-state index in [1.165, 1.54) is 51.9 Å². The molecule has 2 aliphatic rings. The Morgan fingerprint density at radius 1 is 1.29 bits per heavy atom. The zero-order chi connectivity index (χ0) is 12.1. The number of rotatable bonds is 4. The van der Waals surface area contributed by atoms with Gasteiger partial charge >= 0.3 is 0 Å². The molecule has 0 saturated carbocycles. The van der Waals surface area contributed by atoms with Crippen molar-refractivity contribution in [2.45, 2.75) is 45.6 Å². The van der Waals surface area contributed by atoms with Gasteiger partial charge in [0.1, 0.15) is 0 Å². The van der Waals surface area contributed by atoms with Gasteiger partial charge in [0.2, 0.25) is 0 Å². The second kappa shape index (κ2) is 6.17. The lowest BCUT2D eigenvalue weighted by atomic mass is 9.74. The molecule has 0 radical (unpaired) electrons. The van der Waals surface area contributed by atoms with Gasteiger partial charge in [-0.05, 0) is 58.0 Å². The Hall–Kier alpha value is -0.120. The zero-order valence-electron chi connectivity index (χ0n) is 11.5. The molecule has 3 heteroatoms. The normalized spacial score (nSPS) is 31.2. The second-order valence-corrected chi connectivity index (χ2v) is 6.08. The Balaban J connectivity index is 1.76. The van der Waals surface area contributed by atoms with Gasteiger partial charge in [0.15, 0.2) is 0 Å². The van der Waals surface area contributed by atoms with Gasteiger partial charge in [0, 0.05) is 19.6 Å². The summed E-state index contributed by atoms with van der Waals surface area (Å²) >= 11 is 0. The summed E-state index contributed by atoms with van der Waals surface area (Å²) in [5, 5.41) is 3.58. The maximum atomic E-state index is 5.66. The minimum atomic E-state index is 0.366. The number of nitrogens with zero attached hydrogens (tertiary/aromatic N) is 1. The molecular formula is C14H28N2O. The van der Waals surface area contributed by atoms with E-state index in [1.807, 2.05) is 0 Å². The highest BCUT2D eigenvalue weighted by Crippen LogP contribution is 2.35. The lowest BCUT2D eigenvalue weighted by molar-refractivity contribution is 0.0215. The first-order valence-electron chi connectivity index (χ1n) is 7.25. The van der Waals surface area contributed by atoms with E-state index in [2.05, 4.69) is 24.1 Å². The smallest absolute Gasteiger partial charge is 0.0596 e. The molecule has 1 N–H and O–H groups in total. The van der Waals surface area contributed by atoms with E-state index >= 15 is 0 Å². The molecule has 2 saturated heterocycles. The monoisotopic (exact) mass is 240 g/mol. The minimum absolute atomic E-state index is 0.366. The van der Waals surface area contributed by atoms with E-state index in [1.54, 1.807) is 0 Å². The van der Waals surface area contributed by atoms with Crippen molar-refractivity contribution in [3.05, 3.63) is 0 Å². The second-order valence-electron chi connectivity index (χ2n) is 6.08. The molecule has 2 rings (SSSR count). The lowest BCUT2D eigenvalue weighted by Gasteiger charge is -2.45. The van der Waals surface area contributed by atoms with Crippen LogP contribution in [0.15, 0.2) is 0 Å². The van der Waals surface area contributed by atoms with Crippen LogP contribution in [0.4, 0.5) is 0 Å². The molecule has 2 fully saturated rings. The molecule has 2 heterocycles. The Labute approximate surface area is 106 Å². The van der Waals surface area contributed by atoms with E-state index in [9.17, 15) is 0 Å². The van der Waals surface area contributed by atoms with Crippen LogP contribution in [0.2, 0.25) is 0 Å². The van der Waals surface area contributed by atoms with Gasteiger partial charge in [-0.3, -0.25) is 0 Å². The lowest BCUT2D eigenvalue weighted by Crippen LogP contribution is -2.51. The largest absolute Gasteiger partial charge is 0.377 e. The molecule has 1 spiro atoms. The van der Waals surface area contributed by atoms with Crippen LogP contribution in [0.25, 0.3) is 0 Å². The van der Waals surface area contributed by atoms with E-state index in [-0.39, 0.29) is 0 Å². The molecule has 2 aliphatic heterocycles. The fraction of sp³-hybridized carbons (Fsp3) is 1.00. The summed E-state index contributed by atoms with van der Waals surface area (Å²) in [6.45, 7) is 11.2. The molecule has 17 heavy (non-hydrogen) atoms. The molecular weight excluding hydrogens is 212 g/mol. The third-order valence-corrected chi connectivity index (χ3v) is 4.16. The van der Waals surface area contributed by atoms with Gasteiger partial charge in [0.25, 0.3) is 0 Å². The molecule has 100 valence electrons. The molecule has 1 unspecified atom stereocenters. The van der Waals surface area contributed by atoms with Gasteiger partial charge in [-0.2, -0.15) is 0 Å². The Kier molecular flexibility index (Phi) is 4.83. The number of piperidine rings is 2. The summed E-state index contributed by atoms with van der Waals surface area (Å²) in [5.41, 5.74) is 0.578.